The lowest BCUT2D eigenvalue weighted by atomic mass is 10.1. The van der Waals surface area contributed by atoms with E-state index in [2.05, 4.69) is 9.97 Å². The number of rotatable bonds is 9. The summed E-state index contributed by atoms with van der Waals surface area (Å²) >= 11 is 1.57. The number of Topliss-reactive ketones (excluding diaryl/α,β-unsaturated/α-hetero) is 1. The molecule has 124 valence electrons. The molecule has 0 saturated heterocycles. The van der Waals surface area contributed by atoms with E-state index in [-0.39, 0.29) is 5.78 Å². The number of hydrogen-bond acceptors (Lipinski definition) is 5. The average Bonchev–Trinajstić information content (AvgIpc) is 3.30. The molecule has 0 saturated carbocycles. The van der Waals surface area contributed by atoms with Crippen molar-refractivity contribution < 1.29 is 9.21 Å². The molecule has 0 aromatic carbocycles. The van der Waals surface area contributed by atoms with Gasteiger partial charge in [-0.3, -0.25) is 9.78 Å². The van der Waals surface area contributed by atoms with Crippen molar-refractivity contribution in [2.24, 2.45) is 0 Å². The molecule has 24 heavy (non-hydrogen) atoms. The molecule has 0 fully saturated rings. The van der Waals surface area contributed by atoms with Crippen molar-refractivity contribution in [2.45, 2.75) is 38.5 Å². The minimum atomic E-state index is 0.254. The van der Waals surface area contributed by atoms with Gasteiger partial charge in [-0.25, -0.2) is 4.98 Å². The summed E-state index contributed by atoms with van der Waals surface area (Å²) in [6, 6.07) is 7.62. The summed E-state index contributed by atoms with van der Waals surface area (Å²) in [6.45, 7) is 0. The Morgan fingerprint density at radius 2 is 2.00 bits per heavy atom. The molecule has 3 rings (SSSR count). The van der Waals surface area contributed by atoms with Crippen molar-refractivity contribution in [3.8, 4) is 11.5 Å². The number of aryl methyl sites for hydroxylation is 1. The minimum Gasteiger partial charge on any atom is -0.439 e. The first-order chi connectivity index (χ1) is 11.8. The fourth-order valence-electron chi connectivity index (χ4n) is 2.54. The number of thiophene rings is 1. The molecule has 0 bridgehead atoms. The van der Waals surface area contributed by atoms with Crippen LogP contribution in [0.25, 0.3) is 11.5 Å². The standard InChI is InChI=1S/C19H20N2O2S/c22-17(15-10-12-24-14-15)8-3-1-2-4-9-19-21-13-18(23-19)16-7-5-6-11-20-16/h5-7,10-14H,1-4,8-9H2. The van der Waals surface area contributed by atoms with Crippen LogP contribution in [0.4, 0.5) is 0 Å². The molecule has 0 atom stereocenters. The second kappa shape index (κ2) is 8.55. The lowest BCUT2D eigenvalue weighted by Crippen LogP contribution is -1.96. The normalized spacial score (nSPS) is 10.8. The van der Waals surface area contributed by atoms with Gasteiger partial charge >= 0.3 is 0 Å². The number of oxazole rings is 1. The van der Waals surface area contributed by atoms with Gasteiger partial charge in [-0.05, 0) is 36.4 Å². The molecule has 0 N–H and O–H groups in total. The summed E-state index contributed by atoms with van der Waals surface area (Å²) in [4.78, 5) is 20.4. The predicted molar refractivity (Wildman–Crippen MR) is 95.2 cm³/mol. The number of hydrogen-bond donors (Lipinski definition) is 0. The maximum Gasteiger partial charge on any atom is 0.194 e. The van der Waals surface area contributed by atoms with Crippen molar-refractivity contribution in [3.05, 3.63) is 58.9 Å². The van der Waals surface area contributed by atoms with Gasteiger partial charge in [-0.1, -0.05) is 18.9 Å². The van der Waals surface area contributed by atoms with E-state index in [1.54, 1.807) is 23.7 Å². The van der Waals surface area contributed by atoms with Crippen LogP contribution in [-0.4, -0.2) is 15.8 Å². The zero-order valence-electron chi connectivity index (χ0n) is 13.5. The van der Waals surface area contributed by atoms with Gasteiger partial charge in [-0.15, -0.1) is 0 Å². The summed E-state index contributed by atoms with van der Waals surface area (Å²) in [7, 11) is 0. The molecule has 4 nitrogen and oxygen atoms in total. The first kappa shape index (κ1) is 16.6. The van der Waals surface area contributed by atoms with Gasteiger partial charge in [0.15, 0.2) is 17.4 Å². The molecule has 0 aliphatic heterocycles. The number of carbonyl (C=O) groups is 1. The Kier molecular flexibility index (Phi) is 5.90. The molecule has 3 aromatic heterocycles. The monoisotopic (exact) mass is 340 g/mol. The Labute approximate surface area is 145 Å². The molecule has 0 spiro atoms. The van der Waals surface area contributed by atoms with Crippen LogP contribution < -0.4 is 0 Å². The maximum atomic E-state index is 11.9. The highest BCUT2D eigenvalue weighted by Crippen LogP contribution is 2.19. The van der Waals surface area contributed by atoms with E-state index in [1.807, 2.05) is 35.0 Å². The molecular weight excluding hydrogens is 320 g/mol. The first-order valence-corrected chi connectivity index (χ1v) is 9.19. The Morgan fingerprint density at radius 1 is 1.08 bits per heavy atom. The van der Waals surface area contributed by atoms with Crippen molar-refractivity contribution in [1.29, 1.82) is 0 Å². The number of unbranched alkanes of at least 4 members (excludes halogenated alkanes) is 3. The van der Waals surface area contributed by atoms with Crippen LogP contribution >= 0.6 is 11.3 Å². The van der Waals surface area contributed by atoms with Crippen molar-refractivity contribution in [3.63, 3.8) is 0 Å². The highest BCUT2D eigenvalue weighted by molar-refractivity contribution is 7.08. The largest absolute Gasteiger partial charge is 0.439 e. The van der Waals surface area contributed by atoms with Crippen LogP contribution in [0.1, 0.15) is 48.4 Å². The summed E-state index contributed by atoms with van der Waals surface area (Å²) in [5.41, 5.74) is 1.66. The van der Waals surface area contributed by atoms with Crippen molar-refractivity contribution in [2.75, 3.05) is 0 Å². The lowest BCUT2D eigenvalue weighted by Gasteiger charge is -2.00. The number of carbonyl (C=O) groups excluding carboxylic acids is 1. The number of ketones is 1. The van der Waals surface area contributed by atoms with Gasteiger partial charge in [0, 0.05) is 30.0 Å². The second-order valence-corrected chi connectivity index (χ2v) is 6.46. The zero-order valence-corrected chi connectivity index (χ0v) is 14.3. The van der Waals surface area contributed by atoms with Crippen LogP contribution in [0, 0.1) is 0 Å². The van der Waals surface area contributed by atoms with Crippen molar-refractivity contribution >= 4 is 17.1 Å². The van der Waals surface area contributed by atoms with Crippen LogP contribution in [0.2, 0.25) is 0 Å². The molecule has 3 aromatic rings. The Morgan fingerprint density at radius 3 is 2.79 bits per heavy atom. The molecule has 0 unspecified atom stereocenters. The smallest absolute Gasteiger partial charge is 0.194 e. The Balaban J connectivity index is 1.34. The third kappa shape index (κ3) is 4.61. The third-order valence-corrected chi connectivity index (χ3v) is 4.54. The van der Waals surface area contributed by atoms with Gasteiger partial charge in [0.2, 0.25) is 0 Å². The first-order valence-electron chi connectivity index (χ1n) is 8.24. The molecule has 0 radical (unpaired) electrons. The fourth-order valence-corrected chi connectivity index (χ4v) is 3.20. The van der Waals surface area contributed by atoms with Gasteiger partial charge in [0.1, 0.15) is 5.69 Å². The third-order valence-electron chi connectivity index (χ3n) is 3.86. The predicted octanol–water partition coefficient (Wildman–Crippen LogP) is 5.17. The summed E-state index contributed by atoms with van der Waals surface area (Å²) in [6.07, 6.45) is 9.05. The van der Waals surface area contributed by atoms with E-state index in [1.165, 1.54) is 0 Å². The second-order valence-electron chi connectivity index (χ2n) is 5.68. The quantitative estimate of drug-likeness (QED) is 0.398. The number of pyridine rings is 1. The van der Waals surface area contributed by atoms with E-state index in [9.17, 15) is 4.79 Å². The lowest BCUT2D eigenvalue weighted by molar-refractivity contribution is 0.0979. The topological polar surface area (TPSA) is 56.0 Å². The highest BCUT2D eigenvalue weighted by atomic mass is 32.1. The molecule has 0 aliphatic carbocycles. The van der Waals surface area contributed by atoms with Gasteiger partial charge in [-0.2, -0.15) is 11.3 Å². The number of nitrogens with zero attached hydrogens (tertiary/aromatic N) is 2. The van der Waals surface area contributed by atoms with Crippen molar-refractivity contribution in [1.82, 2.24) is 9.97 Å². The summed E-state index contributed by atoms with van der Waals surface area (Å²) in [5, 5.41) is 3.87. The maximum absolute atomic E-state index is 11.9. The number of aromatic nitrogens is 2. The van der Waals surface area contributed by atoms with E-state index in [0.717, 1.165) is 49.3 Å². The molecule has 0 amide bonds. The molecule has 3 heterocycles. The van der Waals surface area contributed by atoms with Crippen LogP contribution in [0.5, 0.6) is 0 Å². The SMILES string of the molecule is O=C(CCCCCCc1ncc(-c2ccccn2)o1)c1ccsc1. The average molecular weight is 340 g/mol. The van der Waals surface area contributed by atoms with Crippen LogP contribution in [-0.2, 0) is 6.42 Å². The van der Waals surface area contributed by atoms with E-state index in [0.29, 0.717) is 12.2 Å². The zero-order chi connectivity index (χ0) is 16.6. The van der Waals surface area contributed by atoms with Gasteiger partial charge in [0.05, 0.1) is 6.20 Å². The van der Waals surface area contributed by atoms with Gasteiger partial charge < -0.3 is 4.42 Å². The summed E-state index contributed by atoms with van der Waals surface area (Å²) < 4.78 is 5.74. The fraction of sp³-hybridized carbons (Fsp3) is 0.316. The van der Waals surface area contributed by atoms with E-state index >= 15 is 0 Å². The molecule has 5 heteroatoms. The summed E-state index contributed by atoms with van der Waals surface area (Å²) in [5.74, 6) is 1.72. The van der Waals surface area contributed by atoms with Gasteiger partial charge in [0.25, 0.3) is 0 Å². The Bertz CT molecular complexity index is 751. The van der Waals surface area contributed by atoms with E-state index in [4.69, 9.17) is 4.42 Å². The highest BCUT2D eigenvalue weighted by Gasteiger charge is 2.08. The molecule has 0 aliphatic rings. The van der Waals surface area contributed by atoms with Crippen LogP contribution in [0.3, 0.4) is 0 Å². The van der Waals surface area contributed by atoms with Crippen LogP contribution in [0.15, 0.2) is 51.8 Å². The minimum absolute atomic E-state index is 0.254. The van der Waals surface area contributed by atoms with E-state index < -0.39 is 0 Å². The Hall–Kier alpha value is -2.27. The molecular formula is C19H20N2O2S.